The molecular formula is C20H29IN6O. The van der Waals surface area contributed by atoms with Crippen molar-refractivity contribution in [1.82, 2.24) is 25.2 Å². The van der Waals surface area contributed by atoms with E-state index in [4.69, 9.17) is 9.73 Å². The number of hydrogen-bond acceptors (Lipinski definition) is 4. The summed E-state index contributed by atoms with van der Waals surface area (Å²) < 4.78 is 8.10. The minimum Gasteiger partial charge on any atom is -0.377 e. The lowest BCUT2D eigenvalue weighted by atomic mass is 9.54. The molecule has 28 heavy (non-hydrogen) atoms. The van der Waals surface area contributed by atoms with E-state index in [9.17, 15) is 0 Å². The van der Waals surface area contributed by atoms with Crippen molar-refractivity contribution in [3.05, 3.63) is 30.2 Å². The molecule has 0 bridgehead atoms. The van der Waals surface area contributed by atoms with Crippen molar-refractivity contribution in [2.75, 3.05) is 13.2 Å². The van der Waals surface area contributed by atoms with Crippen molar-refractivity contribution < 1.29 is 4.74 Å². The van der Waals surface area contributed by atoms with Gasteiger partial charge < -0.3 is 15.4 Å². The van der Waals surface area contributed by atoms with Gasteiger partial charge in [0.2, 0.25) is 0 Å². The predicted octanol–water partition coefficient (Wildman–Crippen LogP) is 2.75. The highest BCUT2D eigenvalue weighted by atomic mass is 127. The third-order valence-electron chi connectivity index (χ3n) is 6.69. The third kappa shape index (κ3) is 3.18. The first-order chi connectivity index (χ1) is 13.3. The Kier molecular flexibility index (Phi) is 5.78. The number of guanidine groups is 1. The standard InChI is InChI=1S/C20H28N6O.HI/c1-2-21-19(22-13-16-25-24-15-7-3-6-11-26(15)16)23-17-14-8-12-27-18(14)20(17)9-4-5-10-20;/h3,6-7,11,14,17-18H,2,4-5,8-10,12-13H2,1H3,(H2,21,22,23);1H. The molecule has 0 aromatic carbocycles. The summed E-state index contributed by atoms with van der Waals surface area (Å²) >= 11 is 0. The van der Waals surface area contributed by atoms with E-state index in [2.05, 4.69) is 27.8 Å². The second kappa shape index (κ2) is 8.14. The van der Waals surface area contributed by atoms with Crippen LogP contribution < -0.4 is 10.6 Å². The fraction of sp³-hybridized carbons (Fsp3) is 0.650. The largest absolute Gasteiger partial charge is 0.377 e. The number of nitrogens with one attached hydrogen (secondary N) is 2. The third-order valence-corrected chi connectivity index (χ3v) is 6.69. The number of fused-ring (bicyclic) bond motifs is 3. The number of halogens is 1. The second-order valence-electron chi connectivity index (χ2n) is 8.05. The van der Waals surface area contributed by atoms with E-state index in [1.54, 1.807) is 0 Å². The Balaban J connectivity index is 0.00000192. The van der Waals surface area contributed by atoms with Crippen LogP contribution in [0.5, 0.6) is 0 Å². The molecule has 2 aromatic heterocycles. The maximum atomic E-state index is 6.11. The molecule has 152 valence electrons. The van der Waals surface area contributed by atoms with Crippen LogP contribution in [0.2, 0.25) is 0 Å². The molecule has 1 saturated heterocycles. The Hall–Kier alpha value is -1.42. The molecule has 1 spiro atoms. The van der Waals surface area contributed by atoms with E-state index in [0.29, 0.717) is 30.0 Å². The van der Waals surface area contributed by atoms with Gasteiger partial charge in [0.1, 0.15) is 6.54 Å². The molecule has 5 rings (SSSR count). The number of ether oxygens (including phenoxy) is 1. The van der Waals surface area contributed by atoms with Crippen molar-refractivity contribution in [1.29, 1.82) is 0 Å². The molecule has 2 aliphatic carbocycles. The fourth-order valence-corrected chi connectivity index (χ4v) is 5.52. The molecule has 0 radical (unpaired) electrons. The van der Waals surface area contributed by atoms with Gasteiger partial charge in [0.15, 0.2) is 17.4 Å². The summed E-state index contributed by atoms with van der Waals surface area (Å²) in [7, 11) is 0. The van der Waals surface area contributed by atoms with E-state index in [1.165, 1.54) is 25.7 Å². The van der Waals surface area contributed by atoms with Crippen LogP contribution in [0.25, 0.3) is 5.65 Å². The lowest BCUT2D eigenvalue weighted by molar-refractivity contribution is -0.125. The van der Waals surface area contributed by atoms with Gasteiger partial charge in [0.05, 0.1) is 6.10 Å². The average molecular weight is 496 g/mol. The van der Waals surface area contributed by atoms with Gasteiger partial charge in [-0.1, -0.05) is 18.9 Å². The van der Waals surface area contributed by atoms with Crippen molar-refractivity contribution in [2.24, 2.45) is 16.3 Å². The van der Waals surface area contributed by atoms with Crippen molar-refractivity contribution in [2.45, 2.75) is 57.7 Å². The first-order valence-corrected chi connectivity index (χ1v) is 10.3. The minimum atomic E-state index is 0. The summed E-state index contributed by atoms with van der Waals surface area (Å²) in [5.74, 6) is 2.36. The molecule has 0 amide bonds. The van der Waals surface area contributed by atoms with Gasteiger partial charge in [-0.05, 0) is 38.3 Å². The number of nitrogens with zero attached hydrogens (tertiary/aromatic N) is 4. The normalized spacial score (nSPS) is 28.0. The van der Waals surface area contributed by atoms with Crippen molar-refractivity contribution in [3.8, 4) is 0 Å². The number of pyridine rings is 1. The van der Waals surface area contributed by atoms with Crippen LogP contribution >= 0.6 is 24.0 Å². The number of rotatable bonds is 4. The highest BCUT2D eigenvalue weighted by Crippen LogP contribution is 2.60. The smallest absolute Gasteiger partial charge is 0.191 e. The van der Waals surface area contributed by atoms with Crippen molar-refractivity contribution in [3.63, 3.8) is 0 Å². The summed E-state index contributed by atoms with van der Waals surface area (Å²) in [6.07, 6.45) is 8.81. The highest BCUT2D eigenvalue weighted by Gasteiger charge is 2.65. The average Bonchev–Trinajstić information content (AvgIpc) is 3.42. The molecule has 3 atom stereocenters. The molecule has 2 aromatic rings. The Bertz CT molecular complexity index is 846. The minimum absolute atomic E-state index is 0. The number of hydrogen-bond donors (Lipinski definition) is 2. The van der Waals surface area contributed by atoms with Gasteiger partial charge in [0.25, 0.3) is 0 Å². The molecule has 3 unspecified atom stereocenters. The topological polar surface area (TPSA) is 75.8 Å². The predicted molar refractivity (Wildman–Crippen MR) is 119 cm³/mol. The zero-order valence-electron chi connectivity index (χ0n) is 16.3. The van der Waals surface area contributed by atoms with Gasteiger partial charge in [0, 0.05) is 36.7 Å². The molecule has 8 heteroatoms. The van der Waals surface area contributed by atoms with Gasteiger partial charge in [-0.15, -0.1) is 34.2 Å². The summed E-state index contributed by atoms with van der Waals surface area (Å²) in [5.41, 5.74) is 1.18. The quantitative estimate of drug-likeness (QED) is 0.387. The van der Waals surface area contributed by atoms with Crippen LogP contribution in [-0.2, 0) is 11.3 Å². The van der Waals surface area contributed by atoms with Gasteiger partial charge >= 0.3 is 0 Å². The fourth-order valence-electron chi connectivity index (χ4n) is 5.52. The molecule has 1 aliphatic heterocycles. The second-order valence-corrected chi connectivity index (χ2v) is 8.05. The molecule has 2 saturated carbocycles. The van der Waals surface area contributed by atoms with Crippen LogP contribution in [0.15, 0.2) is 29.4 Å². The van der Waals surface area contributed by atoms with E-state index in [1.807, 2.05) is 28.8 Å². The monoisotopic (exact) mass is 496 g/mol. The lowest BCUT2D eigenvalue weighted by Crippen LogP contribution is -2.69. The molecule has 3 fully saturated rings. The van der Waals surface area contributed by atoms with E-state index in [-0.39, 0.29) is 24.0 Å². The van der Waals surface area contributed by atoms with E-state index in [0.717, 1.165) is 37.0 Å². The van der Waals surface area contributed by atoms with Gasteiger partial charge in [-0.3, -0.25) is 4.40 Å². The number of aromatic nitrogens is 3. The van der Waals surface area contributed by atoms with Gasteiger partial charge in [-0.25, -0.2) is 4.99 Å². The Morgan fingerprint density at radius 3 is 3.00 bits per heavy atom. The summed E-state index contributed by atoms with van der Waals surface area (Å²) in [6.45, 7) is 4.37. The molecule has 3 heterocycles. The summed E-state index contributed by atoms with van der Waals surface area (Å²) in [4.78, 5) is 4.83. The Labute approximate surface area is 182 Å². The van der Waals surface area contributed by atoms with Crippen LogP contribution in [0.3, 0.4) is 0 Å². The first kappa shape index (κ1) is 19.9. The maximum absolute atomic E-state index is 6.11. The maximum Gasteiger partial charge on any atom is 0.191 e. The zero-order chi connectivity index (χ0) is 18.3. The molecule has 2 N–H and O–H groups in total. The van der Waals surface area contributed by atoms with E-state index < -0.39 is 0 Å². The summed E-state index contributed by atoms with van der Waals surface area (Å²) in [6, 6.07) is 6.40. The van der Waals surface area contributed by atoms with Crippen LogP contribution in [0.4, 0.5) is 0 Å². The lowest BCUT2D eigenvalue weighted by Gasteiger charge is -2.57. The summed E-state index contributed by atoms with van der Waals surface area (Å²) in [5, 5.41) is 15.7. The highest BCUT2D eigenvalue weighted by molar-refractivity contribution is 14.0. The Morgan fingerprint density at radius 1 is 1.32 bits per heavy atom. The van der Waals surface area contributed by atoms with Crippen LogP contribution in [-0.4, -0.2) is 45.9 Å². The van der Waals surface area contributed by atoms with Crippen molar-refractivity contribution >= 4 is 35.6 Å². The van der Waals surface area contributed by atoms with E-state index >= 15 is 0 Å². The van der Waals surface area contributed by atoms with Crippen LogP contribution in [0.1, 0.15) is 44.9 Å². The molecule has 7 nitrogen and oxygen atoms in total. The number of aliphatic imine (C=N–C) groups is 1. The SMILES string of the molecule is CCNC(=NCc1nnc2ccccn12)NC1C2CCOC2C12CCCC2.I. The molecule has 3 aliphatic rings. The van der Waals surface area contributed by atoms with Gasteiger partial charge in [-0.2, -0.15) is 0 Å². The first-order valence-electron chi connectivity index (χ1n) is 10.3. The van der Waals surface area contributed by atoms with Crippen LogP contribution in [0, 0.1) is 11.3 Å². The Morgan fingerprint density at radius 2 is 2.18 bits per heavy atom. The molecular weight excluding hydrogens is 467 g/mol. The zero-order valence-corrected chi connectivity index (χ0v) is 18.6.